The van der Waals surface area contributed by atoms with Gasteiger partial charge in [-0.3, -0.25) is 4.79 Å². The molecule has 2 aromatic rings. The fraction of sp³-hybridized carbons (Fsp3) is 0.412. The Labute approximate surface area is 136 Å². The largest absolute Gasteiger partial charge is 0.336 e. The third kappa shape index (κ3) is 3.54. The first-order valence-corrected chi connectivity index (χ1v) is 8.35. The fourth-order valence-electron chi connectivity index (χ4n) is 2.05. The second-order valence-electron chi connectivity index (χ2n) is 5.82. The number of carbonyl (C=O) groups excluding carboxylic acids is 1. The summed E-state index contributed by atoms with van der Waals surface area (Å²) in [4.78, 5) is 18.5. The summed E-state index contributed by atoms with van der Waals surface area (Å²) in [7, 11) is 1.76. The Morgan fingerprint density at radius 2 is 1.91 bits per heavy atom. The quantitative estimate of drug-likeness (QED) is 0.920. The number of carbonyl (C=O) groups is 1. The van der Waals surface area contributed by atoms with Gasteiger partial charge < -0.3 is 10.6 Å². The Balaban J connectivity index is 2.19. The highest BCUT2D eigenvalue weighted by atomic mass is 32.1. The topological polar surface area (TPSA) is 59.2 Å². The molecule has 22 heavy (non-hydrogen) atoms. The molecule has 0 saturated heterocycles. The van der Waals surface area contributed by atoms with Crippen LogP contribution in [0.4, 0.5) is 0 Å². The molecule has 2 rings (SSSR count). The van der Waals surface area contributed by atoms with Gasteiger partial charge in [0, 0.05) is 30.6 Å². The molecule has 1 unspecified atom stereocenters. The molecule has 1 aromatic carbocycles. The van der Waals surface area contributed by atoms with Crippen molar-refractivity contribution in [1.82, 2.24) is 9.88 Å². The van der Waals surface area contributed by atoms with Gasteiger partial charge >= 0.3 is 0 Å². The molecule has 0 aliphatic rings. The Kier molecular flexibility index (Phi) is 5.32. The van der Waals surface area contributed by atoms with Crippen LogP contribution in [0.3, 0.4) is 0 Å². The zero-order valence-electron chi connectivity index (χ0n) is 13.5. The van der Waals surface area contributed by atoms with Gasteiger partial charge in [-0.2, -0.15) is 0 Å². The third-order valence-corrected chi connectivity index (χ3v) is 4.76. The number of benzene rings is 1. The van der Waals surface area contributed by atoms with E-state index >= 15 is 0 Å². The van der Waals surface area contributed by atoms with E-state index in [0.29, 0.717) is 18.2 Å². The van der Waals surface area contributed by atoms with Crippen LogP contribution in [0.5, 0.6) is 0 Å². The molecule has 0 saturated carbocycles. The van der Waals surface area contributed by atoms with Crippen LogP contribution in [0.2, 0.25) is 0 Å². The number of nitrogens with zero attached hydrogens (tertiary/aromatic N) is 2. The van der Waals surface area contributed by atoms with Crippen molar-refractivity contribution < 1.29 is 4.79 Å². The average Bonchev–Trinajstić information content (AvgIpc) is 3.02. The summed E-state index contributed by atoms with van der Waals surface area (Å²) in [6, 6.07) is 8.36. The number of aromatic nitrogens is 1. The van der Waals surface area contributed by atoms with Gasteiger partial charge in [0.25, 0.3) is 5.91 Å². The molecule has 1 heterocycles. The van der Waals surface area contributed by atoms with E-state index in [2.05, 4.69) is 43.1 Å². The normalized spacial score (nSPS) is 12.5. The molecule has 0 aliphatic carbocycles. The molecule has 4 nitrogen and oxygen atoms in total. The fourth-order valence-corrected chi connectivity index (χ4v) is 2.85. The van der Waals surface area contributed by atoms with Crippen LogP contribution in [0.15, 0.2) is 29.6 Å². The summed E-state index contributed by atoms with van der Waals surface area (Å²) in [5.74, 6) is 0.424. The number of rotatable bonds is 5. The van der Waals surface area contributed by atoms with Crippen LogP contribution in [0.25, 0.3) is 10.6 Å². The minimum atomic E-state index is -0.0840. The lowest BCUT2D eigenvalue weighted by atomic mass is 10.0. The van der Waals surface area contributed by atoms with E-state index in [-0.39, 0.29) is 11.9 Å². The maximum Gasteiger partial charge on any atom is 0.273 e. The van der Waals surface area contributed by atoms with Crippen molar-refractivity contribution in [3.8, 4) is 10.6 Å². The van der Waals surface area contributed by atoms with E-state index in [9.17, 15) is 4.79 Å². The van der Waals surface area contributed by atoms with Gasteiger partial charge in [0.1, 0.15) is 10.7 Å². The molecule has 0 fully saturated rings. The number of hydrogen-bond acceptors (Lipinski definition) is 4. The molecule has 2 N–H and O–H groups in total. The maximum atomic E-state index is 12.3. The van der Waals surface area contributed by atoms with Crippen LogP contribution < -0.4 is 5.73 Å². The smallest absolute Gasteiger partial charge is 0.273 e. The van der Waals surface area contributed by atoms with Gasteiger partial charge in [-0.1, -0.05) is 38.1 Å². The highest BCUT2D eigenvalue weighted by molar-refractivity contribution is 7.13. The van der Waals surface area contributed by atoms with Gasteiger partial charge in [-0.15, -0.1) is 11.3 Å². The second-order valence-corrected chi connectivity index (χ2v) is 6.67. The SMILES string of the molecule is CC(C)c1ccc(-c2nc(C(=O)N(C)C(C)CN)cs2)cc1. The number of thiazole rings is 1. The average molecular weight is 317 g/mol. The maximum absolute atomic E-state index is 12.3. The molecule has 118 valence electrons. The first-order valence-electron chi connectivity index (χ1n) is 7.47. The van der Waals surface area contributed by atoms with Crippen LogP contribution in [0, 0.1) is 0 Å². The van der Waals surface area contributed by atoms with Crippen molar-refractivity contribution in [1.29, 1.82) is 0 Å². The van der Waals surface area contributed by atoms with E-state index in [0.717, 1.165) is 10.6 Å². The Morgan fingerprint density at radius 1 is 1.27 bits per heavy atom. The van der Waals surface area contributed by atoms with Gasteiger partial charge in [-0.25, -0.2) is 4.98 Å². The van der Waals surface area contributed by atoms with Gasteiger partial charge in [-0.05, 0) is 18.4 Å². The van der Waals surface area contributed by atoms with Gasteiger partial charge in [0.05, 0.1) is 0 Å². The van der Waals surface area contributed by atoms with E-state index in [1.54, 1.807) is 11.9 Å². The minimum absolute atomic E-state index is 0.00275. The highest BCUT2D eigenvalue weighted by Crippen LogP contribution is 2.26. The molecule has 1 amide bonds. The number of amides is 1. The van der Waals surface area contributed by atoms with Crippen molar-refractivity contribution >= 4 is 17.2 Å². The van der Waals surface area contributed by atoms with Gasteiger partial charge in [0.15, 0.2) is 0 Å². The zero-order valence-corrected chi connectivity index (χ0v) is 14.4. The molecule has 0 aliphatic heterocycles. The standard InChI is InChI=1S/C17H23N3OS/c1-11(2)13-5-7-14(8-6-13)16-19-15(10-22-16)17(21)20(4)12(3)9-18/h5-8,10-12H,9,18H2,1-4H3. The van der Waals surface area contributed by atoms with Crippen LogP contribution >= 0.6 is 11.3 Å². The first-order chi connectivity index (χ1) is 10.4. The summed E-state index contributed by atoms with van der Waals surface area (Å²) in [6.45, 7) is 6.71. The molecule has 5 heteroatoms. The van der Waals surface area contributed by atoms with E-state index in [4.69, 9.17) is 5.73 Å². The summed E-state index contributed by atoms with van der Waals surface area (Å²) in [5, 5.41) is 2.68. The van der Waals surface area contributed by atoms with Crippen molar-refractivity contribution in [2.75, 3.05) is 13.6 Å². The zero-order chi connectivity index (χ0) is 16.3. The van der Waals surface area contributed by atoms with Gasteiger partial charge in [0.2, 0.25) is 0 Å². The lowest BCUT2D eigenvalue weighted by Gasteiger charge is -2.22. The van der Waals surface area contributed by atoms with Crippen LogP contribution in [-0.4, -0.2) is 35.4 Å². The molecule has 1 aromatic heterocycles. The molecule has 0 spiro atoms. The predicted molar refractivity (Wildman–Crippen MR) is 92.2 cm³/mol. The van der Waals surface area contributed by atoms with Crippen LogP contribution in [-0.2, 0) is 0 Å². The Bertz CT molecular complexity index is 634. The summed E-state index contributed by atoms with van der Waals surface area (Å²) < 4.78 is 0. The minimum Gasteiger partial charge on any atom is -0.336 e. The number of hydrogen-bond donors (Lipinski definition) is 1. The Hall–Kier alpha value is -1.72. The van der Waals surface area contributed by atoms with Crippen molar-refractivity contribution in [3.63, 3.8) is 0 Å². The lowest BCUT2D eigenvalue weighted by Crippen LogP contribution is -2.39. The molecule has 0 bridgehead atoms. The highest BCUT2D eigenvalue weighted by Gasteiger charge is 2.19. The summed E-state index contributed by atoms with van der Waals surface area (Å²) in [6.07, 6.45) is 0. The predicted octanol–water partition coefficient (Wildman–Crippen LogP) is 3.35. The lowest BCUT2D eigenvalue weighted by molar-refractivity contribution is 0.0743. The third-order valence-electron chi connectivity index (χ3n) is 3.87. The monoisotopic (exact) mass is 317 g/mol. The molecule has 1 atom stereocenters. The van der Waals surface area contributed by atoms with E-state index in [1.165, 1.54) is 16.9 Å². The van der Waals surface area contributed by atoms with E-state index < -0.39 is 0 Å². The van der Waals surface area contributed by atoms with Crippen molar-refractivity contribution in [2.24, 2.45) is 5.73 Å². The number of likely N-dealkylation sites (N-methyl/N-ethyl adjacent to an activating group) is 1. The first kappa shape index (κ1) is 16.6. The molecular formula is C17H23N3OS. The second kappa shape index (κ2) is 7.03. The summed E-state index contributed by atoms with van der Waals surface area (Å²) in [5.41, 5.74) is 8.44. The Morgan fingerprint density at radius 3 is 2.45 bits per heavy atom. The molecule has 0 radical (unpaired) electrons. The van der Waals surface area contributed by atoms with Crippen molar-refractivity contribution in [2.45, 2.75) is 32.7 Å². The summed E-state index contributed by atoms with van der Waals surface area (Å²) >= 11 is 1.49. The number of nitrogens with two attached hydrogens (primary N) is 1. The van der Waals surface area contributed by atoms with E-state index in [1.807, 2.05) is 12.3 Å². The van der Waals surface area contributed by atoms with Crippen LogP contribution in [0.1, 0.15) is 42.7 Å². The van der Waals surface area contributed by atoms with Crippen molar-refractivity contribution in [3.05, 3.63) is 40.9 Å². The molecular weight excluding hydrogens is 294 g/mol.